The summed E-state index contributed by atoms with van der Waals surface area (Å²) in [5.74, 6) is 0.638. The van der Waals surface area contributed by atoms with Crippen molar-refractivity contribution >= 4 is 10.0 Å². The monoisotopic (exact) mass is 299 g/mol. The fourth-order valence-electron chi connectivity index (χ4n) is 1.59. The fourth-order valence-corrected chi connectivity index (χ4v) is 2.54. The Bertz CT molecular complexity index is 661. The van der Waals surface area contributed by atoms with E-state index in [-0.39, 0.29) is 11.4 Å². The van der Waals surface area contributed by atoms with Crippen molar-refractivity contribution in [3.8, 4) is 0 Å². The summed E-state index contributed by atoms with van der Waals surface area (Å²) < 4.78 is 33.0. The molecule has 0 bridgehead atoms. The Hall–Kier alpha value is -1.71. The van der Waals surface area contributed by atoms with Crippen molar-refractivity contribution in [2.75, 3.05) is 13.6 Å². The Kier molecular flexibility index (Phi) is 4.53. The van der Waals surface area contributed by atoms with E-state index >= 15 is 0 Å². The maximum atomic E-state index is 12.1. The SMILES string of the molecule is CNCCn1cc(S(=O)(=O)NCc2cc(C)on2)cn1. The molecule has 2 N–H and O–H groups in total. The summed E-state index contributed by atoms with van der Waals surface area (Å²) in [7, 11) is -1.77. The van der Waals surface area contributed by atoms with Crippen LogP contribution in [0.15, 0.2) is 27.9 Å². The van der Waals surface area contributed by atoms with Gasteiger partial charge in [0.1, 0.15) is 10.7 Å². The topological polar surface area (TPSA) is 102 Å². The Balaban J connectivity index is 2.00. The predicted octanol–water partition coefficient (Wildman–Crippen LogP) is -0.123. The van der Waals surface area contributed by atoms with Gasteiger partial charge in [0.05, 0.1) is 25.0 Å². The van der Waals surface area contributed by atoms with Crippen LogP contribution in [0.25, 0.3) is 0 Å². The van der Waals surface area contributed by atoms with E-state index in [0.717, 1.165) is 0 Å². The number of aromatic nitrogens is 3. The first-order valence-corrected chi connectivity index (χ1v) is 7.58. The van der Waals surface area contributed by atoms with Gasteiger partial charge in [-0.05, 0) is 14.0 Å². The maximum Gasteiger partial charge on any atom is 0.244 e. The number of nitrogens with zero attached hydrogens (tertiary/aromatic N) is 3. The molecule has 8 nitrogen and oxygen atoms in total. The van der Waals surface area contributed by atoms with Gasteiger partial charge in [-0.2, -0.15) is 5.10 Å². The molecule has 9 heteroatoms. The van der Waals surface area contributed by atoms with E-state index < -0.39 is 10.0 Å². The van der Waals surface area contributed by atoms with Crippen molar-refractivity contribution in [2.24, 2.45) is 0 Å². The summed E-state index contributed by atoms with van der Waals surface area (Å²) in [6.45, 7) is 3.15. The summed E-state index contributed by atoms with van der Waals surface area (Å²) in [4.78, 5) is 0.133. The number of nitrogens with one attached hydrogen (secondary N) is 2. The average Bonchev–Trinajstić information content (AvgIpc) is 3.03. The summed E-state index contributed by atoms with van der Waals surface area (Å²) in [5, 5.41) is 10.7. The van der Waals surface area contributed by atoms with Gasteiger partial charge >= 0.3 is 0 Å². The standard InChI is InChI=1S/C11H17N5O3S/c1-9-5-10(15-19-9)6-14-20(17,18)11-7-13-16(8-11)4-3-12-2/h5,7-8,12,14H,3-4,6H2,1-2H3. The lowest BCUT2D eigenvalue weighted by molar-refractivity contribution is 0.390. The molecule has 110 valence electrons. The van der Waals surface area contributed by atoms with Crippen molar-refractivity contribution < 1.29 is 12.9 Å². The Morgan fingerprint density at radius 2 is 2.25 bits per heavy atom. The van der Waals surface area contributed by atoms with E-state index in [0.29, 0.717) is 24.5 Å². The largest absolute Gasteiger partial charge is 0.361 e. The number of rotatable bonds is 7. The molecule has 0 atom stereocenters. The lowest BCUT2D eigenvalue weighted by atomic mass is 10.4. The number of hydrogen-bond donors (Lipinski definition) is 2. The normalized spacial score (nSPS) is 11.9. The zero-order valence-corrected chi connectivity index (χ0v) is 12.1. The molecule has 2 heterocycles. The average molecular weight is 299 g/mol. The van der Waals surface area contributed by atoms with Crippen molar-refractivity contribution in [3.63, 3.8) is 0 Å². The third-order valence-corrected chi connectivity index (χ3v) is 3.99. The predicted molar refractivity (Wildman–Crippen MR) is 71.4 cm³/mol. The van der Waals surface area contributed by atoms with Gasteiger partial charge in [-0.3, -0.25) is 4.68 Å². The van der Waals surface area contributed by atoms with Crippen LogP contribution in [0.5, 0.6) is 0 Å². The van der Waals surface area contributed by atoms with E-state index in [1.165, 1.54) is 12.4 Å². The second kappa shape index (κ2) is 6.16. The lowest BCUT2D eigenvalue weighted by Crippen LogP contribution is -2.23. The van der Waals surface area contributed by atoms with Crippen molar-refractivity contribution in [1.82, 2.24) is 25.0 Å². The third-order valence-electron chi connectivity index (χ3n) is 2.63. The quantitative estimate of drug-likeness (QED) is 0.739. The van der Waals surface area contributed by atoms with Crippen LogP contribution in [0, 0.1) is 6.92 Å². The van der Waals surface area contributed by atoms with Crippen LogP contribution in [0.2, 0.25) is 0 Å². The van der Waals surface area contributed by atoms with E-state index in [1.807, 2.05) is 7.05 Å². The summed E-state index contributed by atoms with van der Waals surface area (Å²) in [5.41, 5.74) is 0.536. The molecule has 0 fully saturated rings. The molecule has 0 radical (unpaired) electrons. The molecule has 2 aromatic rings. The van der Waals surface area contributed by atoms with Crippen molar-refractivity contribution in [2.45, 2.75) is 24.9 Å². The van der Waals surface area contributed by atoms with Crippen molar-refractivity contribution in [3.05, 3.63) is 29.9 Å². The highest BCUT2D eigenvalue weighted by Gasteiger charge is 2.16. The molecule has 0 aromatic carbocycles. The van der Waals surface area contributed by atoms with Crippen LogP contribution in [0.1, 0.15) is 11.5 Å². The molecule has 2 rings (SSSR count). The van der Waals surface area contributed by atoms with Crippen LogP contribution < -0.4 is 10.0 Å². The Morgan fingerprint density at radius 1 is 1.45 bits per heavy atom. The second-order valence-electron chi connectivity index (χ2n) is 4.30. The van der Waals surface area contributed by atoms with Crippen molar-refractivity contribution in [1.29, 1.82) is 0 Å². The maximum absolute atomic E-state index is 12.1. The first kappa shape index (κ1) is 14.7. The highest BCUT2D eigenvalue weighted by molar-refractivity contribution is 7.89. The minimum atomic E-state index is -3.59. The first-order chi connectivity index (χ1) is 9.51. The van der Waals surface area contributed by atoms with E-state index in [2.05, 4.69) is 20.3 Å². The molecular weight excluding hydrogens is 282 g/mol. The van der Waals surface area contributed by atoms with E-state index in [9.17, 15) is 8.42 Å². The van der Waals surface area contributed by atoms with Crippen LogP contribution in [0.4, 0.5) is 0 Å². The molecule has 0 spiro atoms. The molecule has 0 aliphatic heterocycles. The zero-order valence-electron chi connectivity index (χ0n) is 11.3. The van der Waals surface area contributed by atoms with E-state index in [4.69, 9.17) is 4.52 Å². The number of sulfonamides is 1. The fraction of sp³-hybridized carbons (Fsp3) is 0.455. The molecule has 0 saturated heterocycles. The number of likely N-dealkylation sites (N-methyl/N-ethyl adjacent to an activating group) is 1. The minimum Gasteiger partial charge on any atom is -0.361 e. The number of hydrogen-bond acceptors (Lipinski definition) is 6. The van der Waals surface area contributed by atoms with Crippen LogP contribution >= 0.6 is 0 Å². The van der Waals surface area contributed by atoms with Gasteiger partial charge in [-0.25, -0.2) is 13.1 Å². The first-order valence-electron chi connectivity index (χ1n) is 6.10. The van der Waals surface area contributed by atoms with Gasteiger partial charge in [0.25, 0.3) is 0 Å². The van der Waals surface area contributed by atoms with E-state index in [1.54, 1.807) is 17.7 Å². The van der Waals surface area contributed by atoms with Gasteiger partial charge in [0.2, 0.25) is 10.0 Å². The molecule has 0 aliphatic carbocycles. The molecule has 0 amide bonds. The van der Waals surface area contributed by atoms with Gasteiger partial charge < -0.3 is 9.84 Å². The smallest absolute Gasteiger partial charge is 0.244 e. The lowest BCUT2D eigenvalue weighted by Gasteiger charge is -2.02. The molecule has 0 saturated carbocycles. The summed E-state index contributed by atoms with van der Waals surface area (Å²) in [6.07, 6.45) is 2.82. The Morgan fingerprint density at radius 3 is 2.90 bits per heavy atom. The highest BCUT2D eigenvalue weighted by Crippen LogP contribution is 2.08. The minimum absolute atomic E-state index is 0.0847. The second-order valence-corrected chi connectivity index (χ2v) is 6.06. The van der Waals surface area contributed by atoms with Gasteiger partial charge in [-0.15, -0.1) is 0 Å². The zero-order chi connectivity index (χ0) is 14.6. The van der Waals surface area contributed by atoms with Crippen LogP contribution in [-0.2, 0) is 23.1 Å². The highest BCUT2D eigenvalue weighted by atomic mass is 32.2. The number of aryl methyl sites for hydroxylation is 1. The third kappa shape index (κ3) is 3.65. The van der Waals surface area contributed by atoms with Gasteiger partial charge in [-0.1, -0.05) is 5.16 Å². The van der Waals surface area contributed by atoms with Crippen LogP contribution in [0.3, 0.4) is 0 Å². The van der Waals surface area contributed by atoms with Gasteiger partial charge in [0.15, 0.2) is 0 Å². The van der Waals surface area contributed by atoms with Crippen LogP contribution in [-0.4, -0.2) is 36.9 Å². The Labute approximate surface area is 117 Å². The molecule has 2 aromatic heterocycles. The molecule has 0 unspecified atom stereocenters. The summed E-state index contributed by atoms with van der Waals surface area (Å²) in [6, 6.07) is 1.68. The van der Waals surface area contributed by atoms with Gasteiger partial charge in [0, 0.05) is 18.8 Å². The molecule has 20 heavy (non-hydrogen) atoms. The molecule has 0 aliphatic rings. The molecular formula is C11H17N5O3S. The summed E-state index contributed by atoms with van der Waals surface area (Å²) >= 11 is 0.